The molecule has 9 nitrogen and oxygen atoms in total. The maximum Gasteiger partial charge on any atom is 0.338 e. The summed E-state index contributed by atoms with van der Waals surface area (Å²) < 4.78 is 9.30. The molecule has 0 fully saturated rings. The van der Waals surface area contributed by atoms with Gasteiger partial charge in [0.1, 0.15) is 0 Å². The fourth-order valence-corrected chi connectivity index (χ4v) is 5.99. The molecule has 2 aromatic heterocycles. The van der Waals surface area contributed by atoms with Crippen LogP contribution in [-0.2, 0) is 16.6 Å². The molecule has 1 atom stereocenters. The Morgan fingerprint density at radius 3 is 2.66 bits per heavy atom. The van der Waals surface area contributed by atoms with Crippen molar-refractivity contribution in [3.05, 3.63) is 106 Å². The highest BCUT2D eigenvalue weighted by atomic mass is 32.1. The molecule has 1 aliphatic heterocycles. The highest BCUT2D eigenvalue weighted by Crippen LogP contribution is 2.33. The molecule has 2 aromatic carbocycles. The van der Waals surface area contributed by atoms with Gasteiger partial charge in [-0.3, -0.25) is 19.5 Å². The van der Waals surface area contributed by atoms with Crippen LogP contribution in [0.4, 0.5) is 5.69 Å². The standard InChI is InChI=1S/C28H26N4O5S/c1-6-37-27(34)24-16(3)29-28-31(25(24)18-12-11-15(2)22(13-18)32(35)36)26(33)23(38-28)14-20-17(4)30(5)21-10-8-7-9-19(20)21/h7-14,25H,6H2,1-5H3/b23-14+/t25-/m1/s1. The molecule has 0 spiro atoms. The number of aromatic nitrogens is 2. The zero-order valence-corrected chi connectivity index (χ0v) is 22.5. The van der Waals surface area contributed by atoms with Gasteiger partial charge in [0.05, 0.1) is 33.4 Å². The van der Waals surface area contributed by atoms with Gasteiger partial charge in [0, 0.05) is 40.8 Å². The Morgan fingerprint density at radius 1 is 1.21 bits per heavy atom. The molecular weight excluding hydrogens is 504 g/mol. The monoisotopic (exact) mass is 530 g/mol. The zero-order valence-electron chi connectivity index (χ0n) is 21.6. The number of allylic oxidation sites excluding steroid dienone is 1. The molecule has 1 aliphatic rings. The Bertz CT molecular complexity index is 1860. The molecule has 0 unspecified atom stereocenters. The summed E-state index contributed by atoms with van der Waals surface area (Å²) in [5, 5.41) is 12.7. The number of aryl methyl sites for hydroxylation is 2. The van der Waals surface area contributed by atoms with Crippen LogP contribution in [0.1, 0.15) is 42.3 Å². The van der Waals surface area contributed by atoms with Crippen molar-refractivity contribution in [2.75, 3.05) is 6.61 Å². The molecule has 3 heterocycles. The number of nitrogens with zero attached hydrogens (tertiary/aromatic N) is 4. The minimum absolute atomic E-state index is 0.0890. The second-order valence-electron chi connectivity index (χ2n) is 9.18. The largest absolute Gasteiger partial charge is 0.463 e. The summed E-state index contributed by atoms with van der Waals surface area (Å²) in [5.74, 6) is -0.610. The van der Waals surface area contributed by atoms with E-state index in [0.29, 0.717) is 26.2 Å². The lowest BCUT2D eigenvalue weighted by molar-refractivity contribution is -0.385. The van der Waals surface area contributed by atoms with Crippen LogP contribution >= 0.6 is 11.3 Å². The Labute approximate surface area is 221 Å². The van der Waals surface area contributed by atoms with Crippen molar-refractivity contribution in [1.82, 2.24) is 9.13 Å². The fourth-order valence-electron chi connectivity index (χ4n) is 4.96. The van der Waals surface area contributed by atoms with Crippen molar-refractivity contribution in [2.24, 2.45) is 12.0 Å². The molecule has 0 amide bonds. The van der Waals surface area contributed by atoms with E-state index in [0.717, 1.165) is 22.2 Å². The number of nitro benzene ring substituents is 1. The Hall–Kier alpha value is -4.31. The minimum Gasteiger partial charge on any atom is -0.463 e. The zero-order chi connectivity index (χ0) is 27.3. The average Bonchev–Trinajstić information content (AvgIpc) is 3.32. The van der Waals surface area contributed by atoms with E-state index in [4.69, 9.17) is 4.74 Å². The number of hydrogen-bond donors (Lipinski definition) is 0. The Balaban J connectivity index is 1.79. The summed E-state index contributed by atoms with van der Waals surface area (Å²) in [6.45, 7) is 7.17. The number of para-hydroxylation sites is 1. The molecule has 4 aromatic rings. The van der Waals surface area contributed by atoms with Crippen LogP contribution in [-0.4, -0.2) is 26.6 Å². The Kier molecular flexibility index (Phi) is 6.36. The summed E-state index contributed by atoms with van der Waals surface area (Å²) in [6, 6.07) is 11.8. The Morgan fingerprint density at radius 2 is 1.95 bits per heavy atom. The number of carbonyl (C=O) groups is 1. The predicted octanol–water partition coefficient (Wildman–Crippen LogP) is 3.82. The van der Waals surface area contributed by atoms with Gasteiger partial charge in [0.2, 0.25) is 0 Å². The summed E-state index contributed by atoms with van der Waals surface area (Å²) in [6.07, 6.45) is 1.86. The van der Waals surface area contributed by atoms with Crippen LogP contribution in [0.5, 0.6) is 0 Å². The van der Waals surface area contributed by atoms with Crippen LogP contribution in [0.2, 0.25) is 0 Å². The van der Waals surface area contributed by atoms with Gasteiger partial charge in [-0.1, -0.05) is 41.7 Å². The van der Waals surface area contributed by atoms with Crippen molar-refractivity contribution in [1.29, 1.82) is 0 Å². The molecular formula is C28H26N4O5S. The number of nitro groups is 1. The van der Waals surface area contributed by atoms with Gasteiger partial charge in [-0.15, -0.1) is 0 Å². The smallest absolute Gasteiger partial charge is 0.338 e. The molecule has 0 saturated carbocycles. The molecule has 0 radical (unpaired) electrons. The SMILES string of the molecule is CCOC(=O)C1=C(C)N=c2s/c(=C/c3c(C)n(C)c4ccccc34)c(=O)n2[C@@H]1c1ccc(C)c([N+](=O)[O-])c1. The van der Waals surface area contributed by atoms with Crippen LogP contribution in [0.15, 0.2) is 63.5 Å². The fraction of sp³-hybridized carbons (Fsp3) is 0.250. The molecule has 0 N–H and O–H groups in total. The summed E-state index contributed by atoms with van der Waals surface area (Å²) in [5.41, 5.74) is 4.08. The first-order valence-corrected chi connectivity index (χ1v) is 12.9. The van der Waals surface area contributed by atoms with Crippen molar-refractivity contribution in [3.8, 4) is 0 Å². The maximum absolute atomic E-state index is 13.9. The van der Waals surface area contributed by atoms with Gasteiger partial charge in [-0.25, -0.2) is 9.79 Å². The van der Waals surface area contributed by atoms with Crippen LogP contribution < -0.4 is 14.9 Å². The first-order valence-electron chi connectivity index (χ1n) is 12.1. The third kappa shape index (κ3) is 3.97. The number of hydrogen-bond acceptors (Lipinski definition) is 7. The lowest BCUT2D eigenvalue weighted by Gasteiger charge is -2.24. The summed E-state index contributed by atoms with van der Waals surface area (Å²) in [7, 11) is 1.98. The number of benzene rings is 2. The van der Waals surface area contributed by atoms with Crippen molar-refractivity contribution in [3.63, 3.8) is 0 Å². The molecule has 5 rings (SSSR count). The van der Waals surface area contributed by atoms with Crippen molar-refractivity contribution >= 4 is 40.0 Å². The average molecular weight is 531 g/mol. The molecule has 38 heavy (non-hydrogen) atoms. The first kappa shape index (κ1) is 25.3. The number of fused-ring (bicyclic) bond motifs is 2. The van der Waals surface area contributed by atoms with Gasteiger partial charge in [-0.05, 0) is 45.4 Å². The summed E-state index contributed by atoms with van der Waals surface area (Å²) in [4.78, 5) is 43.3. The third-order valence-corrected chi connectivity index (χ3v) is 7.97. The topological polar surface area (TPSA) is 109 Å². The maximum atomic E-state index is 13.9. The number of carbonyl (C=O) groups excluding carboxylic acids is 1. The first-order chi connectivity index (χ1) is 18.1. The number of esters is 1. The van der Waals surface area contributed by atoms with Crippen LogP contribution in [0, 0.1) is 24.0 Å². The van der Waals surface area contributed by atoms with E-state index in [-0.39, 0.29) is 23.4 Å². The van der Waals surface area contributed by atoms with Gasteiger partial charge >= 0.3 is 5.97 Å². The van der Waals surface area contributed by atoms with E-state index >= 15 is 0 Å². The lowest BCUT2D eigenvalue weighted by Crippen LogP contribution is -2.40. The van der Waals surface area contributed by atoms with Crippen LogP contribution in [0.3, 0.4) is 0 Å². The molecule has 10 heteroatoms. The van der Waals surface area contributed by atoms with Gasteiger partial charge < -0.3 is 9.30 Å². The second-order valence-corrected chi connectivity index (χ2v) is 10.2. The van der Waals surface area contributed by atoms with E-state index < -0.39 is 16.9 Å². The third-order valence-electron chi connectivity index (χ3n) is 6.99. The van der Waals surface area contributed by atoms with E-state index in [1.165, 1.54) is 22.0 Å². The van der Waals surface area contributed by atoms with Gasteiger partial charge in [0.15, 0.2) is 4.80 Å². The lowest BCUT2D eigenvalue weighted by atomic mass is 9.94. The van der Waals surface area contributed by atoms with Gasteiger partial charge in [-0.2, -0.15) is 0 Å². The highest BCUT2D eigenvalue weighted by Gasteiger charge is 2.34. The second kappa shape index (κ2) is 9.53. The van der Waals surface area contributed by atoms with E-state index in [1.54, 1.807) is 32.9 Å². The number of thiazole rings is 1. The normalized spacial score (nSPS) is 15.5. The van der Waals surface area contributed by atoms with Gasteiger partial charge in [0.25, 0.3) is 11.2 Å². The quantitative estimate of drug-likeness (QED) is 0.221. The van der Waals surface area contributed by atoms with Crippen molar-refractivity contribution in [2.45, 2.75) is 33.7 Å². The molecule has 0 bridgehead atoms. The summed E-state index contributed by atoms with van der Waals surface area (Å²) >= 11 is 1.23. The number of rotatable bonds is 5. The van der Waals surface area contributed by atoms with E-state index in [1.807, 2.05) is 44.3 Å². The van der Waals surface area contributed by atoms with Crippen molar-refractivity contribution < 1.29 is 14.5 Å². The van der Waals surface area contributed by atoms with Crippen LogP contribution in [0.25, 0.3) is 17.0 Å². The predicted molar refractivity (Wildman–Crippen MR) is 146 cm³/mol. The van der Waals surface area contributed by atoms with E-state index in [9.17, 15) is 19.7 Å². The highest BCUT2D eigenvalue weighted by molar-refractivity contribution is 7.07. The molecule has 0 aliphatic carbocycles. The molecule has 0 saturated heterocycles. The minimum atomic E-state index is -0.916. The van der Waals surface area contributed by atoms with E-state index in [2.05, 4.69) is 9.56 Å². The number of ether oxygens (including phenoxy) is 1. The molecule has 194 valence electrons.